The number of likely N-dealkylation sites (tertiary alicyclic amines) is 1. The Morgan fingerprint density at radius 3 is 2.32 bits per heavy atom. The van der Waals surface area contributed by atoms with Crippen LogP contribution in [0.5, 0.6) is 0 Å². The summed E-state index contributed by atoms with van der Waals surface area (Å²) >= 11 is 0. The molecule has 59 heavy (non-hydrogen) atoms. The average molecular weight is 835 g/mol. The summed E-state index contributed by atoms with van der Waals surface area (Å²) < 4.78 is 72.1. The van der Waals surface area contributed by atoms with Crippen molar-refractivity contribution in [2.75, 3.05) is 26.2 Å². The topological polar surface area (TPSA) is 189 Å². The van der Waals surface area contributed by atoms with Crippen LogP contribution in [0.1, 0.15) is 84.5 Å². The number of esters is 3. The van der Waals surface area contributed by atoms with Gasteiger partial charge in [0.1, 0.15) is 36.1 Å². The van der Waals surface area contributed by atoms with Crippen LogP contribution in [0.25, 0.3) is 0 Å². The van der Waals surface area contributed by atoms with E-state index in [9.17, 15) is 38.2 Å². The molecule has 0 unspecified atom stereocenters. The second-order valence-electron chi connectivity index (χ2n) is 17.9. The number of ether oxygens (including phenoxy) is 7. The molecule has 2 bridgehead atoms. The Balaban J connectivity index is 1.37. The lowest BCUT2D eigenvalue weighted by Gasteiger charge is -2.68. The van der Waals surface area contributed by atoms with E-state index in [1.807, 2.05) is 12.2 Å². The van der Waals surface area contributed by atoms with E-state index in [0.717, 1.165) is 19.5 Å². The number of carbonyl (C=O) groups excluding carboxylic acids is 4. The van der Waals surface area contributed by atoms with Crippen molar-refractivity contribution in [3.63, 3.8) is 0 Å². The van der Waals surface area contributed by atoms with Gasteiger partial charge in [-0.3, -0.25) is 9.69 Å². The lowest BCUT2D eigenvalue weighted by Crippen LogP contribution is -2.79. The second kappa shape index (κ2) is 15.9. The summed E-state index contributed by atoms with van der Waals surface area (Å²) in [7, 11) is 0. The van der Waals surface area contributed by atoms with Crippen molar-refractivity contribution in [1.82, 2.24) is 10.2 Å². The van der Waals surface area contributed by atoms with Crippen molar-refractivity contribution < 1.29 is 71.3 Å². The SMILES string of the molecule is CC(=O)O[C@@]12CO[C@@H]1CC[C@@]1(C)[C@@H]3O[C@H](CN4CCC4)O[C@@H]3C3=C(C)[C@@H](OC(=O)[C@H](O)[C@@H](NC(=O)OC(C)C)C(F)F)C[C@@](O)([C@@H](OC(=O)c4ccccc4)[C@@H]12)C3(C)C. The number of hydrogen-bond donors (Lipinski definition) is 3. The predicted octanol–water partition coefficient (Wildman–Crippen LogP) is 3.68. The molecule has 3 saturated heterocycles. The molecule has 12 atom stereocenters. The van der Waals surface area contributed by atoms with Crippen LogP contribution in [-0.2, 0) is 42.7 Å². The smallest absolute Gasteiger partial charge is 0.407 e. The van der Waals surface area contributed by atoms with E-state index in [2.05, 4.69) is 4.90 Å². The van der Waals surface area contributed by atoms with E-state index in [-0.39, 0.29) is 12.2 Å². The monoisotopic (exact) mass is 834 g/mol. The lowest BCUT2D eigenvalue weighted by molar-refractivity contribution is -0.345. The number of carbonyl (C=O) groups is 4. The molecule has 6 aliphatic rings. The van der Waals surface area contributed by atoms with Gasteiger partial charge >= 0.3 is 24.0 Å². The third-order valence-electron chi connectivity index (χ3n) is 13.6. The first-order valence-corrected chi connectivity index (χ1v) is 20.4. The van der Waals surface area contributed by atoms with Crippen molar-refractivity contribution in [2.45, 2.75) is 147 Å². The van der Waals surface area contributed by atoms with Crippen LogP contribution in [-0.4, -0.2) is 138 Å². The van der Waals surface area contributed by atoms with E-state index in [1.54, 1.807) is 51.1 Å². The predicted molar refractivity (Wildman–Crippen MR) is 202 cm³/mol. The Morgan fingerprint density at radius 2 is 1.75 bits per heavy atom. The highest BCUT2D eigenvalue weighted by atomic mass is 19.3. The molecule has 1 aromatic rings. The van der Waals surface area contributed by atoms with Gasteiger partial charge in [0.25, 0.3) is 6.43 Å². The number of nitrogens with zero attached hydrogens (tertiary/aromatic N) is 1. The van der Waals surface area contributed by atoms with Crippen LogP contribution in [0.4, 0.5) is 13.6 Å². The van der Waals surface area contributed by atoms with Gasteiger partial charge in [0.15, 0.2) is 18.0 Å². The Hall–Kier alpha value is -3.74. The van der Waals surface area contributed by atoms with E-state index < -0.39 is 120 Å². The zero-order valence-corrected chi connectivity index (χ0v) is 34.5. The van der Waals surface area contributed by atoms with Gasteiger partial charge in [-0.05, 0) is 76.4 Å². The normalized spacial score (nSPS) is 36.9. The average Bonchev–Trinajstić information content (AvgIpc) is 3.55. The Bertz CT molecular complexity index is 1830. The minimum atomic E-state index is -3.41. The fraction of sp³-hybridized carbons (Fsp3) is 0.714. The number of halogens is 2. The van der Waals surface area contributed by atoms with E-state index in [4.69, 9.17) is 33.2 Å². The second-order valence-corrected chi connectivity index (χ2v) is 17.9. The highest BCUT2D eigenvalue weighted by Gasteiger charge is 2.77. The lowest BCUT2D eigenvalue weighted by atomic mass is 9.45. The molecule has 3 N–H and O–H groups in total. The van der Waals surface area contributed by atoms with Gasteiger partial charge in [-0.2, -0.15) is 0 Å². The van der Waals surface area contributed by atoms with E-state index in [0.29, 0.717) is 30.5 Å². The fourth-order valence-electron chi connectivity index (χ4n) is 10.6. The summed E-state index contributed by atoms with van der Waals surface area (Å²) in [6.45, 7) is 13.5. The molecule has 1 aromatic carbocycles. The molecule has 3 heterocycles. The summed E-state index contributed by atoms with van der Waals surface area (Å²) in [5.74, 6) is -3.90. The molecule has 3 aliphatic heterocycles. The maximum absolute atomic E-state index is 14.3. The van der Waals surface area contributed by atoms with Gasteiger partial charge in [0.05, 0.1) is 30.3 Å². The van der Waals surface area contributed by atoms with Crippen LogP contribution < -0.4 is 5.32 Å². The number of alkyl halides is 2. The summed E-state index contributed by atoms with van der Waals surface area (Å²) in [5, 5.41) is 26.6. The van der Waals surface area contributed by atoms with Crippen molar-refractivity contribution in [3.8, 4) is 0 Å². The highest BCUT2D eigenvalue weighted by Crippen LogP contribution is 2.66. The van der Waals surface area contributed by atoms with Crippen molar-refractivity contribution in [1.29, 1.82) is 0 Å². The zero-order chi connectivity index (χ0) is 42.8. The Labute approximate surface area is 342 Å². The number of rotatable bonds is 11. The van der Waals surface area contributed by atoms with Crippen molar-refractivity contribution >= 4 is 24.0 Å². The number of aliphatic hydroxyl groups excluding tert-OH is 1. The molecule has 1 amide bonds. The first kappa shape index (κ1) is 43.4. The third kappa shape index (κ3) is 7.43. The first-order valence-electron chi connectivity index (χ1n) is 20.4. The van der Waals surface area contributed by atoms with Gasteiger partial charge in [-0.1, -0.05) is 39.0 Å². The van der Waals surface area contributed by atoms with Gasteiger partial charge in [-0.25, -0.2) is 23.2 Å². The highest BCUT2D eigenvalue weighted by molar-refractivity contribution is 5.89. The van der Waals surface area contributed by atoms with Crippen LogP contribution >= 0.6 is 0 Å². The maximum atomic E-state index is 14.3. The largest absolute Gasteiger partial charge is 0.456 e. The minimum Gasteiger partial charge on any atom is -0.456 e. The molecule has 15 nitrogen and oxygen atoms in total. The van der Waals surface area contributed by atoms with E-state index >= 15 is 0 Å². The Morgan fingerprint density at radius 1 is 1.05 bits per heavy atom. The molecular weight excluding hydrogens is 778 g/mol. The van der Waals surface area contributed by atoms with Crippen LogP contribution in [0.3, 0.4) is 0 Å². The zero-order valence-electron chi connectivity index (χ0n) is 34.5. The van der Waals surface area contributed by atoms with Crippen LogP contribution in [0.15, 0.2) is 41.5 Å². The van der Waals surface area contributed by atoms with Crippen LogP contribution in [0, 0.1) is 16.7 Å². The molecule has 326 valence electrons. The van der Waals surface area contributed by atoms with Gasteiger partial charge in [-0.15, -0.1) is 0 Å². The van der Waals surface area contributed by atoms with E-state index in [1.165, 1.54) is 20.8 Å². The third-order valence-corrected chi connectivity index (χ3v) is 13.6. The summed E-state index contributed by atoms with van der Waals surface area (Å²) in [5.41, 5.74) is -4.87. The summed E-state index contributed by atoms with van der Waals surface area (Å²) in [6, 6.07) is 5.78. The number of hydrogen-bond acceptors (Lipinski definition) is 14. The fourth-order valence-corrected chi connectivity index (χ4v) is 10.6. The number of amides is 1. The summed E-state index contributed by atoms with van der Waals surface area (Å²) in [6.07, 6.45) is -12.5. The molecule has 3 aliphatic carbocycles. The minimum absolute atomic E-state index is 0.0730. The number of aliphatic hydroxyl groups is 2. The Kier molecular flexibility index (Phi) is 11.7. The maximum Gasteiger partial charge on any atom is 0.407 e. The molecule has 5 fully saturated rings. The standard InChI is InChI=1S/C42H56F2N2O13/c1-21(2)54-38(51)45-29(35(43)44)30(48)37(50)55-25-18-42(52)34(58-36(49)24-12-9-8-10-13-24)32-40(7,15-14-26-41(32,20-53-26)59-23(4)47)33-31(28(22(25)3)39(42,5)6)56-27(57-33)19-46-16-11-17-46/h8-10,12-13,21,25-27,29-35,48,52H,11,14-20H2,1-7H3,(H,45,51)/t25-,26+,27+,29+,30+,31+,32-,33+,34-,40+,41-,42+/m0/s1. The molecule has 0 radical (unpaired) electrons. The molecular formula is C42H56F2N2O13. The van der Waals surface area contributed by atoms with Crippen LogP contribution in [0.2, 0.25) is 0 Å². The molecule has 17 heteroatoms. The van der Waals surface area contributed by atoms with Gasteiger partial charge in [0, 0.05) is 30.7 Å². The first-order chi connectivity index (χ1) is 27.7. The number of alkyl carbamates (subject to hydrolysis) is 1. The number of fused-ring (bicyclic) bond motifs is 8. The number of nitrogens with one attached hydrogen (secondary N) is 1. The van der Waals surface area contributed by atoms with Crippen molar-refractivity contribution in [2.24, 2.45) is 16.7 Å². The molecule has 7 rings (SSSR count). The van der Waals surface area contributed by atoms with Gasteiger partial charge < -0.3 is 48.7 Å². The van der Waals surface area contributed by atoms with Gasteiger partial charge in [0.2, 0.25) is 0 Å². The molecule has 0 aromatic heterocycles. The quantitative estimate of drug-likeness (QED) is 0.166. The number of benzene rings is 1. The summed E-state index contributed by atoms with van der Waals surface area (Å²) in [4.78, 5) is 55.6. The molecule has 2 saturated carbocycles. The molecule has 0 spiro atoms. The van der Waals surface area contributed by atoms with Crippen molar-refractivity contribution in [3.05, 3.63) is 47.0 Å².